The number of rotatable bonds is 6. The van der Waals surface area contributed by atoms with Crippen molar-refractivity contribution in [2.75, 3.05) is 24.7 Å². The molecule has 0 spiro atoms. The molecule has 0 saturated carbocycles. The first kappa shape index (κ1) is 14.8. The Balaban J connectivity index is 2.04. The Morgan fingerprint density at radius 1 is 1.58 bits per heavy atom. The summed E-state index contributed by atoms with van der Waals surface area (Å²) in [7, 11) is 0. The molecule has 2 rings (SSSR count). The molecule has 0 amide bonds. The lowest BCUT2D eigenvalue weighted by molar-refractivity contribution is 0.0467. The topological polar surface area (TPSA) is 52.0 Å². The van der Waals surface area contributed by atoms with Crippen molar-refractivity contribution in [3.8, 4) is 0 Å². The van der Waals surface area contributed by atoms with E-state index < -0.39 is 0 Å². The lowest BCUT2D eigenvalue weighted by Crippen LogP contribution is -2.46. The van der Waals surface area contributed by atoms with Gasteiger partial charge in [0.05, 0.1) is 12.7 Å². The second kappa shape index (κ2) is 7.26. The minimum Gasteiger partial charge on any atom is -0.375 e. The highest BCUT2D eigenvalue weighted by molar-refractivity contribution is 7.99. The van der Waals surface area contributed by atoms with Crippen LogP contribution >= 0.6 is 11.8 Å². The minimum absolute atomic E-state index is 0.274. The van der Waals surface area contributed by atoms with Crippen LogP contribution < -0.4 is 5.32 Å². The smallest absolute Gasteiger partial charge is 0.138 e. The summed E-state index contributed by atoms with van der Waals surface area (Å²) >= 11 is 1.97. The summed E-state index contributed by atoms with van der Waals surface area (Å²) in [6.45, 7) is 8.20. The van der Waals surface area contributed by atoms with Gasteiger partial charge in [-0.25, -0.2) is 9.67 Å². The number of hydrogen-bond donors (Lipinski definition) is 1. The van der Waals surface area contributed by atoms with E-state index in [0.717, 1.165) is 36.9 Å². The molecule has 1 aromatic rings. The number of likely N-dealkylation sites (N-methyl/N-ethyl adjacent to an activating group) is 1. The first-order valence-corrected chi connectivity index (χ1v) is 8.19. The SMILES string of the molecule is CCNC(Cc1ncnn1C(C)C)C1CSCCO1. The van der Waals surface area contributed by atoms with Crippen molar-refractivity contribution in [2.45, 2.75) is 45.4 Å². The maximum absolute atomic E-state index is 5.90. The number of aromatic nitrogens is 3. The number of ether oxygens (including phenoxy) is 1. The van der Waals surface area contributed by atoms with Crippen LogP contribution in [-0.4, -0.2) is 51.6 Å². The van der Waals surface area contributed by atoms with Crippen LogP contribution in [0, 0.1) is 0 Å². The summed E-state index contributed by atoms with van der Waals surface area (Å²) in [6.07, 6.45) is 2.79. The number of nitrogens with one attached hydrogen (secondary N) is 1. The Labute approximate surface area is 119 Å². The van der Waals surface area contributed by atoms with Crippen molar-refractivity contribution in [3.63, 3.8) is 0 Å². The fraction of sp³-hybridized carbons (Fsp3) is 0.846. The maximum atomic E-state index is 5.90. The van der Waals surface area contributed by atoms with E-state index in [9.17, 15) is 0 Å². The molecular formula is C13H24N4OS. The summed E-state index contributed by atoms with van der Waals surface area (Å²) in [5, 5.41) is 7.84. The number of hydrogen-bond acceptors (Lipinski definition) is 5. The Morgan fingerprint density at radius 3 is 3.05 bits per heavy atom. The van der Waals surface area contributed by atoms with Gasteiger partial charge in [0.2, 0.25) is 0 Å². The lowest BCUT2D eigenvalue weighted by atomic mass is 10.1. The molecule has 2 heterocycles. The highest BCUT2D eigenvalue weighted by Crippen LogP contribution is 2.18. The molecule has 19 heavy (non-hydrogen) atoms. The molecule has 1 N–H and O–H groups in total. The fourth-order valence-electron chi connectivity index (χ4n) is 2.38. The molecule has 0 radical (unpaired) electrons. The van der Waals surface area contributed by atoms with Gasteiger partial charge in [-0.05, 0) is 20.4 Å². The van der Waals surface area contributed by atoms with E-state index in [-0.39, 0.29) is 6.10 Å². The van der Waals surface area contributed by atoms with Gasteiger partial charge in [0.25, 0.3) is 0 Å². The zero-order chi connectivity index (χ0) is 13.7. The highest BCUT2D eigenvalue weighted by Gasteiger charge is 2.26. The van der Waals surface area contributed by atoms with E-state index in [1.807, 2.05) is 16.4 Å². The van der Waals surface area contributed by atoms with Crippen LogP contribution in [0.3, 0.4) is 0 Å². The van der Waals surface area contributed by atoms with E-state index in [0.29, 0.717) is 12.1 Å². The van der Waals surface area contributed by atoms with E-state index in [1.54, 1.807) is 6.33 Å². The Morgan fingerprint density at radius 2 is 2.42 bits per heavy atom. The van der Waals surface area contributed by atoms with Crippen molar-refractivity contribution >= 4 is 11.8 Å². The quantitative estimate of drug-likeness (QED) is 0.858. The Bertz CT molecular complexity index is 376. The maximum Gasteiger partial charge on any atom is 0.138 e. The van der Waals surface area contributed by atoms with Crippen molar-refractivity contribution < 1.29 is 4.74 Å². The second-order valence-corrected chi connectivity index (χ2v) is 6.22. The third-order valence-corrected chi connectivity index (χ3v) is 4.32. The first-order valence-electron chi connectivity index (χ1n) is 7.03. The second-order valence-electron chi connectivity index (χ2n) is 5.07. The van der Waals surface area contributed by atoms with Gasteiger partial charge in [-0.2, -0.15) is 16.9 Å². The average molecular weight is 284 g/mol. The van der Waals surface area contributed by atoms with Crippen molar-refractivity contribution in [3.05, 3.63) is 12.2 Å². The Kier molecular flexibility index (Phi) is 5.66. The van der Waals surface area contributed by atoms with E-state index in [2.05, 4.69) is 36.2 Å². The normalized spacial score (nSPS) is 21.8. The molecule has 1 aliphatic rings. The van der Waals surface area contributed by atoms with E-state index in [1.165, 1.54) is 0 Å². The van der Waals surface area contributed by atoms with Gasteiger partial charge in [-0.15, -0.1) is 0 Å². The van der Waals surface area contributed by atoms with Crippen LogP contribution in [0.1, 0.15) is 32.6 Å². The minimum atomic E-state index is 0.274. The Hall–Kier alpha value is -0.590. The predicted octanol–water partition coefficient (Wildman–Crippen LogP) is 1.51. The van der Waals surface area contributed by atoms with E-state index >= 15 is 0 Å². The fourth-order valence-corrected chi connectivity index (χ4v) is 3.33. The van der Waals surface area contributed by atoms with Crippen LogP contribution in [0.25, 0.3) is 0 Å². The summed E-state index contributed by atoms with van der Waals surface area (Å²) in [4.78, 5) is 4.40. The molecule has 0 aromatic carbocycles. The molecule has 1 aromatic heterocycles. The number of thioether (sulfide) groups is 1. The van der Waals surface area contributed by atoms with Gasteiger partial charge < -0.3 is 10.1 Å². The van der Waals surface area contributed by atoms with Crippen molar-refractivity contribution in [2.24, 2.45) is 0 Å². The molecule has 1 fully saturated rings. The van der Waals surface area contributed by atoms with Gasteiger partial charge in [0.15, 0.2) is 0 Å². The van der Waals surface area contributed by atoms with Gasteiger partial charge in [-0.1, -0.05) is 6.92 Å². The van der Waals surface area contributed by atoms with Crippen LogP contribution in [-0.2, 0) is 11.2 Å². The lowest BCUT2D eigenvalue weighted by Gasteiger charge is -2.30. The summed E-state index contributed by atoms with van der Waals surface area (Å²) < 4.78 is 7.90. The summed E-state index contributed by atoms with van der Waals surface area (Å²) in [6, 6.07) is 0.668. The van der Waals surface area contributed by atoms with Gasteiger partial charge >= 0.3 is 0 Å². The number of nitrogens with zero attached hydrogens (tertiary/aromatic N) is 3. The zero-order valence-electron chi connectivity index (χ0n) is 12.0. The third-order valence-electron chi connectivity index (χ3n) is 3.30. The summed E-state index contributed by atoms with van der Waals surface area (Å²) in [5.41, 5.74) is 0. The third kappa shape index (κ3) is 3.94. The molecule has 2 unspecified atom stereocenters. The van der Waals surface area contributed by atoms with Crippen molar-refractivity contribution in [1.29, 1.82) is 0 Å². The first-order chi connectivity index (χ1) is 9.22. The van der Waals surface area contributed by atoms with Crippen LogP contribution in [0.5, 0.6) is 0 Å². The van der Waals surface area contributed by atoms with Crippen LogP contribution in [0.4, 0.5) is 0 Å². The molecule has 0 aliphatic carbocycles. The van der Waals surface area contributed by atoms with Crippen LogP contribution in [0.15, 0.2) is 6.33 Å². The van der Waals surface area contributed by atoms with Gasteiger partial charge in [-0.3, -0.25) is 0 Å². The molecule has 1 aliphatic heterocycles. The molecule has 5 nitrogen and oxygen atoms in total. The molecule has 2 atom stereocenters. The van der Waals surface area contributed by atoms with Crippen LogP contribution in [0.2, 0.25) is 0 Å². The summed E-state index contributed by atoms with van der Waals surface area (Å²) in [5.74, 6) is 3.21. The monoisotopic (exact) mass is 284 g/mol. The van der Waals surface area contributed by atoms with Gasteiger partial charge in [0, 0.05) is 30.0 Å². The molecule has 6 heteroatoms. The molecular weight excluding hydrogens is 260 g/mol. The van der Waals surface area contributed by atoms with Crippen molar-refractivity contribution in [1.82, 2.24) is 20.1 Å². The van der Waals surface area contributed by atoms with E-state index in [4.69, 9.17) is 4.74 Å². The molecule has 108 valence electrons. The molecule has 0 bridgehead atoms. The predicted molar refractivity (Wildman–Crippen MR) is 78.6 cm³/mol. The standard InChI is InChI=1S/C13H24N4OS/c1-4-14-11(12-8-19-6-5-18-12)7-13-15-9-16-17(13)10(2)3/h9-12,14H,4-8H2,1-3H3. The highest BCUT2D eigenvalue weighted by atomic mass is 32.2. The molecule has 1 saturated heterocycles. The zero-order valence-corrected chi connectivity index (χ0v) is 12.8. The average Bonchev–Trinajstić information content (AvgIpc) is 2.88. The van der Waals surface area contributed by atoms with Gasteiger partial charge in [0.1, 0.15) is 12.2 Å². The largest absolute Gasteiger partial charge is 0.375 e.